The fraction of sp³-hybridized carbons (Fsp3) is 0.500. The molecule has 1 rings (SSSR count). The van der Waals surface area contributed by atoms with E-state index in [1.807, 2.05) is 0 Å². The summed E-state index contributed by atoms with van der Waals surface area (Å²) in [5.74, 6) is -1.67. The molecule has 0 radical (unpaired) electrons. The zero-order chi connectivity index (χ0) is 18.7. The van der Waals surface area contributed by atoms with Gasteiger partial charge in [0.25, 0.3) is 0 Å². The predicted molar refractivity (Wildman–Crippen MR) is 88.6 cm³/mol. The van der Waals surface area contributed by atoms with Gasteiger partial charge < -0.3 is 5.11 Å². The van der Waals surface area contributed by atoms with Crippen molar-refractivity contribution in [1.82, 2.24) is 9.44 Å². The Balaban J connectivity index is 3.25. The maximum atomic E-state index is 12.4. The van der Waals surface area contributed by atoms with Gasteiger partial charge in [-0.1, -0.05) is 20.3 Å². The SMILES string of the molecule is CC[C@H](C)[C@H](NS(=O)(=O)c1ccc(S(=O)(=O)NC)c(C)c1)C(=O)O. The molecule has 0 aliphatic rings. The van der Waals surface area contributed by atoms with E-state index in [0.29, 0.717) is 6.42 Å². The third kappa shape index (κ3) is 4.53. The Hall–Kier alpha value is -1.49. The van der Waals surface area contributed by atoms with E-state index in [0.717, 1.165) is 6.07 Å². The van der Waals surface area contributed by atoms with E-state index < -0.39 is 38.0 Å². The summed E-state index contributed by atoms with van der Waals surface area (Å²) in [5.41, 5.74) is 0.239. The van der Waals surface area contributed by atoms with Crippen LogP contribution in [-0.4, -0.2) is 41.0 Å². The Morgan fingerprint density at radius 1 is 1.21 bits per heavy atom. The number of carboxylic acid groups (broad SMARTS) is 1. The average molecular weight is 378 g/mol. The summed E-state index contributed by atoms with van der Waals surface area (Å²) in [7, 11) is -6.55. The highest BCUT2D eigenvalue weighted by Gasteiger charge is 2.30. The van der Waals surface area contributed by atoms with Crippen LogP contribution in [-0.2, 0) is 24.8 Å². The summed E-state index contributed by atoms with van der Waals surface area (Å²) >= 11 is 0. The largest absolute Gasteiger partial charge is 0.480 e. The number of hydrogen-bond acceptors (Lipinski definition) is 5. The topological polar surface area (TPSA) is 130 Å². The van der Waals surface area contributed by atoms with Gasteiger partial charge in [-0.05, 0) is 43.7 Å². The maximum Gasteiger partial charge on any atom is 0.322 e. The lowest BCUT2D eigenvalue weighted by molar-refractivity contribution is -0.140. The molecular formula is C14H22N2O6S2. The Morgan fingerprint density at radius 2 is 1.79 bits per heavy atom. The Kier molecular flexibility index (Phi) is 6.51. The molecule has 0 spiro atoms. The van der Waals surface area contributed by atoms with Gasteiger partial charge in [0.2, 0.25) is 20.0 Å². The van der Waals surface area contributed by atoms with Crippen molar-refractivity contribution in [1.29, 1.82) is 0 Å². The molecule has 1 aromatic rings. The molecule has 136 valence electrons. The van der Waals surface area contributed by atoms with Crippen LogP contribution < -0.4 is 9.44 Å². The van der Waals surface area contributed by atoms with Crippen LogP contribution in [0, 0.1) is 12.8 Å². The molecule has 3 N–H and O–H groups in total. The number of benzene rings is 1. The van der Waals surface area contributed by atoms with Crippen LogP contribution in [0.2, 0.25) is 0 Å². The van der Waals surface area contributed by atoms with E-state index in [9.17, 15) is 26.7 Å². The van der Waals surface area contributed by atoms with E-state index in [-0.39, 0.29) is 15.4 Å². The number of carbonyl (C=O) groups is 1. The van der Waals surface area contributed by atoms with Gasteiger partial charge in [0.05, 0.1) is 9.79 Å². The van der Waals surface area contributed by atoms with E-state index in [1.165, 1.54) is 26.1 Å². The van der Waals surface area contributed by atoms with Crippen LogP contribution in [0.3, 0.4) is 0 Å². The minimum Gasteiger partial charge on any atom is -0.480 e. The Labute approximate surface area is 142 Å². The van der Waals surface area contributed by atoms with E-state index in [4.69, 9.17) is 0 Å². The third-order valence-electron chi connectivity index (χ3n) is 3.78. The molecule has 8 nitrogen and oxygen atoms in total. The molecular weight excluding hydrogens is 356 g/mol. The molecule has 0 saturated carbocycles. The summed E-state index contributed by atoms with van der Waals surface area (Å²) in [6.45, 7) is 4.86. The molecule has 0 bridgehead atoms. The molecule has 0 amide bonds. The van der Waals surface area contributed by atoms with Crippen LogP contribution in [0.4, 0.5) is 0 Å². The fourth-order valence-corrected chi connectivity index (χ4v) is 4.41. The number of rotatable bonds is 8. The molecule has 0 aromatic heterocycles. The van der Waals surface area contributed by atoms with Crippen molar-refractivity contribution in [2.24, 2.45) is 5.92 Å². The molecule has 10 heteroatoms. The van der Waals surface area contributed by atoms with Crippen molar-refractivity contribution in [3.8, 4) is 0 Å². The monoisotopic (exact) mass is 378 g/mol. The van der Waals surface area contributed by atoms with Crippen LogP contribution >= 0.6 is 0 Å². The Bertz CT molecular complexity index is 818. The molecule has 24 heavy (non-hydrogen) atoms. The zero-order valence-corrected chi connectivity index (χ0v) is 15.5. The van der Waals surface area contributed by atoms with E-state index in [1.54, 1.807) is 13.8 Å². The highest BCUT2D eigenvalue weighted by molar-refractivity contribution is 7.90. The summed E-state index contributed by atoms with van der Waals surface area (Å²) in [6.07, 6.45) is 0.484. The van der Waals surface area contributed by atoms with Crippen LogP contribution in [0.1, 0.15) is 25.8 Å². The lowest BCUT2D eigenvalue weighted by Crippen LogP contribution is -2.44. The number of hydrogen-bond donors (Lipinski definition) is 3. The zero-order valence-electron chi connectivity index (χ0n) is 13.9. The van der Waals surface area contributed by atoms with Crippen LogP contribution in [0.15, 0.2) is 28.0 Å². The van der Waals surface area contributed by atoms with Crippen molar-refractivity contribution in [3.05, 3.63) is 23.8 Å². The van der Waals surface area contributed by atoms with Gasteiger partial charge in [-0.15, -0.1) is 0 Å². The molecule has 1 aromatic carbocycles. The minimum absolute atomic E-state index is 0.0411. The average Bonchev–Trinajstić information content (AvgIpc) is 2.51. The third-order valence-corrected chi connectivity index (χ3v) is 6.79. The number of aryl methyl sites for hydroxylation is 1. The molecule has 0 aliphatic carbocycles. The first-order valence-electron chi connectivity index (χ1n) is 7.25. The van der Waals surface area contributed by atoms with Crippen molar-refractivity contribution in [3.63, 3.8) is 0 Å². The molecule has 0 unspecified atom stereocenters. The van der Waals surface area contributed by atoms with Gasteiger partial charge in [0.1, 0.15) is 6.04 Å². The molecule has 0 saturated heterocycles. The second-order valence-corrected chi connectivity index (χ2v) is 9.03. The van der Waals surface area contributed by atoms with Gasteiger partial charge >= 0.3 is 5.97 Å². The molecule has 0 heterocycles. The number of aliphatic carboxylic acids is 1. The van der Waals surface area contributed by atoms with E-state index >= 15 is 0 Å². The molecule has 0 fully saturated rings. The fourth-order valence-electron chi connectivity index (χ4n) is 2.08. The van der Waals surface area contributed by atoms with Gasteiger partial charge in [-0.3, -0.25) is 4.79 Å². The number of sulfonamides is 2. The lowest BCUT2D eigenvalue weighted by Gasteiger charge is -2.20. The summed E-state index contributed by atoms with van der Waals surface area (Å²) < 4.78 is 52.8. The second kappa shape index (κ2) is 7.60. The molecule has 0 aliphatic heterocycles. The number of carboxylic acids is 1. The standard InChI is InChI=1S/C14H22N2O6S2/c1-5-9(2)13(14(17)18)16-23(19,20)11-6-7-12(10(3)8-11)24(21,22)15-4/h6-9,13,15-16H,5H2,1-4H3,(H,17,18)/t9-,13-/m0/s1. The first-order valence-corrected chi connectivity index (χ1v) is 10.2. The van der Waals surface area contributed by atoms with Gasteiger partial charge in [0, 0.05) is 0 Å². The molecule has 2 atom stereocenters. The normalized spacial score (nSPS) is 15.0. The highest BCUT2D eigenvalue weighted by atomic mass is 32.2. The van der Waals surface area contributed by atoms with Crippen LogP contribution in [0.25, 0.3) is 0 Å². The number of nitrogens with one attached hydrogen (secondary N) is 2. The van der Waals surface area contributed by atoms with Gasteiger partial charge in [-0.25, -0.2) is 21.6 Å². The van der Waals surface area contributed by atoms with Crippen LogP contribution in [0.5, 0.6) is 0 Å². The summed E-state index contributed by atoms with van der Waals surface area (Å²) in [5, 5.41) is 9.21. The summed E-state index contributed by atoms with van der Waals surface area (Å²) in [4.78, 5) is 11.1. The Morgan fingerprint density at radius 3 is 2.21 bits per heavy atom. The van der Waals surface area contributed by atoms with Crippen molar-refractivity contribution in [2.75, 3.05) is 7.05 Å². The lowest BCUT2D eigenvalue weighted by atomic mass is 10.0. The first kappa shape index (κ1) is 20.6. The maximum absolute atomic E-state index is 12.4. The second-order valence-electron chi connectivity index (χ2n) is 5.46. The van der Waals surface area contributed by atoms with Crippen molar-refractivity contribution in [2.45, 2.75) is 43.0 Å². The van der Waals surface area contributed by atoms with Gasteiger partial charge in [0.15, 0.2) is 0 Å². The highest BCUT2D eigenvalue weighted by Crippen LogP contribution is 2.20. The van der Waals surface area contributed by atoms with E-state index in [2.05, 4.69) is 9.44 Å². The smallest absolute Gasteiger partial charge is 0.322 e. The summed E-state index contributed by atoms with van der Waals surface area (Å²) in [6, 6.07) is 2.24. The predicted octanol–water partition coefficient (Wildman–Crippen LogP) is 0.681. The first-order chi connectivity index (χ1) is 11.0. The van der Waals surface area contributed by atoms with Crippen molar-refractivity contribution >= 4 is 26.0 Å². The van der Waals surface area contributed by atoms with Crippen molar-refractivity contribution < 1.29 is 26.7 Å². The van der Waals surface area contributed by atoms with Gasteiger partial charge in [-0.2, -0.15) is 4.72 Å². The quantitative estimate of drug-likeness (QED) is 0.610. The minimum atomic E-state index is -4.10.